The van der Waals surface area contributed by atoms with Crippen LogP contribution in [0.1, 0.15) is 12.8 Å². The number of hydrogen-bond acceptors (Lipinski definition) is 6. The molecule has 0 spiro atoms. The number of para-hydroxylation sites is 1. The summed E-state index contributed by atoms with van der Waals surface area (Å²) >= 11 is 0. The molecule has 6 nitrogen and oxygen atoms in total. The standard InChI is InChI=1S/C11H18N4O2/c12-8-2-1-3-9(11(8)13)15(14)10-5-4-7(6-16)17-10/h1-3,7,10,16H,4-6,12-14H2. The van der Waals surface area contributed by atoms with Gasteiger partial charge in [-0.3, -0.25) is 5.01 Å². The van der Waals surface area contributed by atoms with Gasteiger partial charge in [0.1, 0.15) is 6.23 Å². The molecule has 2 unspecified atom stereocenters. The number of nitrogens with two attached hydrogens (primary N) is 3. The van der Waals surface area contributed by atoms with Gasteiger partial charge in [0.25, 0.3) is 0 Å². The normalized spacial score (nSPS) is 23.9. The highest BCUT2D eigenvalue weighted by atomic mass is 16.5. The largest absolute Gasteiger partial charge is 0.397 e. The lowest BCUT2D eigenvalue weighted by Gasteiger charge is -2.27. The fourth-order valence-corrected chi connectivity index (χ4v) is 1.98. The van der Waals surface area contributed by atoms with Crippen LogP contribution in [0.15, 0.2) is 18.2 Å². The number of ether oxygens (including phenoxy) is 1. The fourth-order valence-electron chi connectivity index (χ4n) is 1.98. The smallest absolute Gasteiger partial charge is 0.144 e. The number of nitrogens with zero attached hydrogens (tertiary/aromatic N) is 1. The van der Waals surface area contributed by atoms with Crippen LogP contribution >= 0.6 is 0 Å². The summed E-state index contributed by atoms with van der Waals surface area (Å²) in [5.74, 6) is 5.98. The lowest BCUT2D eigenvalue weighted by molar-refractivity contribution is 0.0106. The van der Waals surface area contributed by atoms with E-state index in [9.17, 15) is 0 Å². The quantitative estimate of drug-likeness (QED) is 0.336. The van der Waals surface area contributed by atoms with Crippen molar-refractivity contribution >= 4 is 17.1 Å². The Morgan fingerprint density at radius 3 is 2.76 bits per heavy atom. The van der Waals surface area contributed by atoms with E-state index >= 15 is 0 Å². The first-order chi connectivity index (χ1) is 8.13. The zero-order chi connectivity index (χ0) is 12.4. The molecule has 0 amide bonds. The molecule has 7 N–H and O–H groups in total. The Balaban J connectivity index is 2.15. The molecule has 6 heteroatoms. The van der Waals surface area contributed by atoms with Crippen LogP contribution in [-0.4, -0.2) is 24.0 Å². The van der Waals surface area contributed by atoms with Gasteiger partial charge in [0.15, 0.2) is 0 Å². The van der Waals surface area contributed by atoms with Crippen molar-refractivity contribution in [3.05, 3.63) is 18.2 Å². The first kappa shape index (κ1) is 12.0. The first-order valence-electron chi connectivity index (χ1n) is 5.57. The number of aliphatic hydroxyl groups is 1. The van der Waals surface area contributed by atoms with Crippen molar-refractivity contribution in [1.29, 1.82) is 0 Å². The molecular formula is C11H18N4O2. The lowest BCUT2D eigenvalue weighted by atomic mass is 10.2. The number of anilines is 3. The lowest BCUT2D eigenvalue weighted by Crippen LogP contribution is -2.42. The molecule has 1 aliphatic rings. The Hall–Kier alpha value is -1.50. The molecular weight excluding hydrogens is 220 g/mol. The first-order valence-corrected chi connectivity index (χ1v) is 5.57. The van der Waals surface area contributed by atoms with Crippen LogP contribution in [0.3, 0.4) is 0 Å². The minimum atomic E-state index is -0.267. The van der Waals surface area contributed by atoms with Crippen LogP contribution in [-0.2, 0) is 4.74 Å². The van der Waals surface area contributed by atoms with Gasteiger partial charge in [-0.2, -0.15) is 0 Å². The van der Waals surface area contributed by atoms with Crippen molar-refractivity contribution in [2.75, 3.05) is 23.1 Å². The molecule has 1 aromatic carbocycles. The summed E-state index contributed by atoms with van der Waals surface area (Å²) in [5.41, 5.74) is 13.2. The Morgan fingerprint density at radius 1 is 1.35 bits per heavy atom. The molecule has 0 radical (unpaired) electrons. The van der Waals surface area contributed by atoms with Crippen molar-refractivity contribution in [3.63, 3.8) is 0 Å². The number of hydrazine groups is 1. The second-order valence-electron chi connectivity index (χ2n) is 4.16. The van der Waals surface area contributed by atoms with Gasteiger partial charge in [-0.25, -0.2) is 5.84 Å². The van der Waals surface area contributed by atoms with E-state index in [-0.39, 0.29) is 18.9 Å². The number of nitrogen functional groups attached to an aromatic ring is 2. The predicted octanol–water partition coefficient (Wildman–Crippen LogP) is 0.0285. The minimum absolute atomic E-state index is 0.0107. The van der Waals surface area contributed by atoms with E-state index in [2.05, 4.69) is 0 Å². The SMILES string of the molecule is Nc1cccc(N(N)C2CCC(CO)O2)c1N. The van der Waals surface area contributed by atoms with E-state index in [1.54, 1.807) is 18.2 Å². The Kier molecular flexibility index (Phi) is 3.37. The number of rotatable bonds is 3. The van der Waals surface area contributed by atoms with Gasteiger partial charge in [-0.1, -0.05) is 6.07 Å². The fraction of sp³-hybridized carbons (Fsp3) is 0.455. The zero-order valence-electron chi connectivity index (χ0n) is 9.54. The average molecular weight is 238 g/mol. The summed E-state index contributed by atoms with van der Waals surface area (Å²) in [6.45, 7) is 0.0107. The summed E-state index contributed by atoms with van der Waals surface area (Å²) in [7, 11) is 0. The molecule has 1 saturated heterocycles. The van der Waals surface area contributed by atoms with Gasteiger partial charge < -0.3 is 21.3 Å². The molecule has 0 bridgehead atoms. The molecule has 1 aromatic rings. The summed E-state index contributed by atoms with van der Waals surface area (Å²) in [4.78, 5) is 0. The summed E-state index contributed by atoms with van der Waals surface area (Å²) in [5, 5.41) is 10.5. The van der Waals surface area contributed by atoms with Crippen LogP contribution in [0.5, 0.6) is 0 Å². The van der Waals surface area contributed by atoms with Crippen molar-refractivity contribution in [2.24, 2.45) is 5.84 Å². The van der Waals surface area contributed by atoms with E-state index in [0.29, 0.717) is 17.1 Å². The third-order valence-corrected chi connectivity index (χ3v) is 2.99. The molecule has 2 rings (SSSR count). The van der Waals surface area contributed by atoms with Gasteiger partial charge in [0.05, 0.1) is 29.8 Å². The predicted molar refractivity (Wildman–Crippen MR) is 66.9 cm³/mol. The highest BCUT2D eigenvalue weighted by Gasteiger charge is 2.29. The molecule has 17 heavy (non-hydrogen) atoms. The van der Waals surface area contributed by atoms with Crippen molar-refractivity contribution in [2.45, 2.75) is 25.2 Å². The van der Waals surface area contributed by atoms with Crippen LogP contribution in [0, 0.1) is 0 Å². The average Bonchev–Trinajstić information content (AvgIpc) is 2.80. The van der Waals surface area contributed by atoms with Gasteiger partial charge in [-0.15, -0.1) is 0 Å². The van der Waals surface area contributed by atoms with Crippen LogP contribution < -0.4 is 22.3 Å². The van der Waals surface area contributed by atoms with Crippen LogP contribution in [0.4, 0.5) is 17.1 Å². The van der Waals surface area contributed by atoms with Gasteiger partial charge in [-0.05, 0) is 25.0 Å². The molecule has 1 heterocycles. The van der Waals surface area contributed by atoms with Crippen molar-refractivity contribution < 1.29 is 9.84 Å². The van der Waals surface area contributed by atoms with Crippen molar-refractivity contribution in [3.8, 4) is 0 Å². The van der Waals surface area contributed by atoms with E-state index in [1.165, 1.54) is 5.01 Å². The molecule has 2 atom stereocenters. The third-order valence-electron chi connectivity index (χ3n) is 2.99. The van der Waals surface area contributed by atoms with E-state index < -0.39 is 0 Å². The Bertz CT molecular complexity index is 399. The van der Waals surface area contributed by atoms with Gasteiger partial charge in [0.2, 0.25) is 0 Å². The summed E-state index contributed by atoms with van der Waals surface area (Å²) < 4.78 is 5.58. The number of aliphatic hydroxyl groups excluding tert-OH is 1. The van der Waals surface area contributed by atoms with Gasteiger partial charge in [0, 0.05) is 0 Å². The topological polar surface area (TPSA) is 111 Å². The Labute approximate surface area is 99.9 Å². The third kappa shape index (κ3) is 2.28. The maximum atomic E-state index is 9.01. The van der Waals surface area contributed by atoms with Crippen molar-refractivity contribution in [1.82, 2.24) is 0 Å². The van der Waals surface area contributed by atoms with Crippen LogP contribution in [0.25, 0.3) is 0 Å². The van der Waals surface area contributed by atoms with Gasteiger partial charge >= 0.3 is 0 Å². The minimum Gasteiger partial charge on any atom is -0.397 e. The maximum Gasteiger partial charge on any atom is 0.144 e. The van der Waals surface area contributed by atoms with E-state index in [4.69, 9.17) is 27.2 Å². The molecule has 0 aliphatic carbocycles. The number of benzene rings is 1. The highest BCUT2D eigenvalue weighted by molar-refractivity contribution is 5.79. The molecule has 94 valence electrons. The molecule has 1 aliphatic heterocycles. The summed E-state index contributed by atoms with van der Waals surface area (Å²) in [6.07, 6.45) is 1.14. The monoisotopic (exact) mass is 238 g/mol. The second kappa shape index (κ2) is 4.79. The van der Waals surface area contributed by atoms with Crippen LogP contribution in [0.2, 0.25) is 0 Å². The molecule has 1 fully saturated rings. The van der Waals surface area contributed by atoms with E-state index in [1.807, 2.05) is 0 Å². The maximum absolute atomic E-state index is 9.01. The highest BCUT2D eigenvalue weighted by Crippen LogP contribution is 2.31. The van der Waals surface area contributed by atoms with E-state index in [0.717, 1.165) is 12.8 Å². The second-order valence-corrected chi connectivity index (χ2v) is 4.16. The Morgan fingerprint density at radius 2 is 2.12 bits per heavy atom. The molecule has 0 aromatic heterocycles. The molecule has 0 saturated carbocycles. The zero-order valence-corrected chi connectivity index (χ0v) is 9.54. The summed E-state index contributed by atoms with van der Waals surface area (Å²) in [6, 6.07) is 5.30. The number of hydrogen-bond donors (Lipinski definition) is 4.